The molecule has 2 aromatic carbocycles. The summed E-state index contributed by atoms with van der Waals surface area (Å²) in [6, 6.07) is 7.06. The fourth-order valence-corrected chi connectivity index (χ4v) is 2.89. The first-order chi connectivity index (χ1) is 10.9. The van der Waals surface area contributed by atoms with Crippen LogP contribution in [0.25, 0.3) is 6.08 Å². The van der Waals surface area contributed by atoms with Crippen LogP contribution in [-0.4, -0.2) is 18.0 Å². The van der Waals surface area contributed by atoms with E-state index < -0.39 is 0 Å². The van der Waals surface area contributed by atoms with Gasteiger partial charge in [-0.05, 0) is 76.8 Å². The summed E-state index contributed by atoms with van der Waals surface area (Å²) in [5, 5.41) is 9.85. The smallest absolute Gasteiger partial charge is 0.231 e. The minimum absolute atomic E-state index is 0.0165. The predicted octanol–water partition coefficient (Wildman–Crippen LogP) is 4.40. The Balaban J connectivity index is 2.03. The van der Waals surface area contributed by atoms with E-state index in [1.165, 1.54) is 7.11 Å². The van der Waals surface area contributed by atoms with E-state index in [2.05, 4.69) is 15.9 Å². The third kappa shape index (κ3) is 2.72. The van der Waals surface area contributed by atoms with Crippen molar-refractivity contribution in [3.8, 4) is 17.2 Å². The summed E-state index contributed by atoms with van der Waals surface area (Å²) in [6.45, 7) is 3.94. The van der Waals surface area contributed by atoms with E-state index in [9.17, 15) is 9.90 Å². The molecule has 0 fully saturated rings. The van der Waals surface area contributed by atoms with E-state index in [-0.39, 0.29) is 17.3 Å². The van der Waals surface area contributed by atoms with Crippen molar-refractivity contribution >= 4 is 27.8 Å². The van der Waals surface area contributed by atoms with Gasteiger partial charge in [0.25, 0.3) is 0 Å². The Hall–Kier alpha value is -2.27. The molecule has 1 N–H and O–H groups in total. The SMILES string of the molecule is COc1cc(/C=C2\Oc3cc(C)c(C)cc3C2=O)cc(Br)c1O. The van der Waals surface area contributed by atoms with Gasteiger partial charge in [-0.15, -0.1) is 0 Å². The zero-order chi connectivity index (χ0) is 16.7. The molecular formula is C18H15BrO4. The van der Waals surface area contributed by atoms with Crippen LogP contribution in [0.4, 0.5) is 0 Å². The largest absolute Gasteiger partial charge is 0.503 e. The highest BCUT2D eigenvalue weighted by Crippen LogP contribution is 2.38. The average molecular weight is 375 g/mol. The lowest BCUT2D eigenvalue weighted by atomic mass is 10.0. The van der Waals surface area contributed by atoms with Gasteiger partial charge in [0.05, 0.1) is 17.1 Å². The number of phenolic OH excluding ortho intramolecular Hbond substituents is 1. The number of aryl methyl sites for hydroxylation is 2. The molecule has 2 aromatic rings. The summed E-state index contributed by atoms with van der Waals surface area (Å²) in [5.74, 6) is 1.02. The van der Waals surface area contributed by atoms with Crippen LogP contribution in [0.2, 0.25) is 0 Å². The van der Waals surface area contributed by atoms with Crippen LogP contribution in [0.1, 0.15) is 27.0 Å². The van der Waals surface area contributed by atoms with Gasteiger partial charge in [-0.3, -0.25) is 4.79 Å². The van der Waals surface area contributed by atoms with E-state index in [1.54, 1.807) is 18.2 Å². The van der Waals surface area contributed by atoms with Gasteiger partial charge in [-0.1, -0.05) is 0 Å². The van der Waals surface area contributed by atoms with Gasteiger partial charge in [0, 0.05) is 0 Å². The number of benzene rings is 2. The number of fused-ring (bicyclic) bond motifs is 1. The highest BCUT2D eigenvalue weighted by Gasteiger charge is 2.28. The maximum Gasteiger partial charge on any atom is 0.231 e. The molecule has 0 spiro atoms. The Kier molecular flexibility index (Phi) is 3.90. The maximum atomic E-state index is 12.5. The van der Waals surface area contributed by atoms with Gasteiger partial charge in [0.15, 0.2) is 17.3 Å². The second-order valence-electron chi connectivity index (χ2n) is 5.43. The number of rotatable bonds is 2. The lowest BCUT2D eigenvalue weighted by Gasteiger charge is -2.07. The minimum atomic E-state index is -0.147. The number of hydrogen-bond acceptors (Lipinski definition) is 4. The van der Waals surface area contributed by atoms with Crippen LogP contribution < -0.4 is 9.47 Å². The summed E-state index contributed by atoms with van der Waals surface area (Å²) in [5.41, 5.74) is 3.39. The molecule has 0 bridgehead atoms. The third-order valence-corrected chi connectivity index (χ3v) is 4.46. The van der Waals surface area contributed by atoms with Crippen LogP contribution in [-0.2, 0) is 0 Å². The van der Waals surface area contributed by atoms with Crippen molar-refractivity contribution in [3.05, 3.63) is 56.8 Å². The quantitative estimate of drug-likeness (QED) is 0.791. The average Bonchev–Trinajstić information content (AvgIpc) is 2.79. The van der Waals surface area contributed by atoms with Crippen LogP contribution in [0, 0.1) is 13.8 Å². The molecule has 0 aliphatic carbocycles. The fraction of sp³-hybridized carbons (Fsp3) is 0.167. The molecule has 1 aliphatic heterocycles. The highest BCUT2D eigenvalue weighted by molar-refractivity contribution is 9.10. The summed E-state index contributed by atoms with van der Waals surface area (Å²) in [6.07, 6.45) is 1.64. The van der Waals surface area contributed by atoms with Crippen LogP contribution >= 0.6 is 15.9 Å². The van der Waals surface area contributed by atoms with Gasteiger partial charge in [-0.25, -0.2) is 0 Å². The molecule has 118 valence electrons. The van der Waals surface area contributed by atoms with Crippen LogP contribution in [0.3, 0.4) is 0 Å². The van der Waals surface area contributed by atoms with Crippen molar-refractivity contribution in [3.63, 3.8) is 0 Å². The number of Topliss-reactive ketones (excluding diaryl/α,β-unsaturated/α-hetero) is 1. The molecule has 0 amide bonds. The molecule has 3 rings (SSSR count). The number of halogens is 1. The number of carbonyl (C=O) groups is 1. The van der Waals surface area contributed by atoms with Crippen LogP contribution in [0.15, 0.2) is 34.5 Å². The Bertz CT molecular complexity index is 853. The Morgan fingerprint density at radius 3 is 2.57 bits per heavy atom. The van der Waals surface area contributed by atoms with Gasteiger partial charge in [-0.2, -0.15) is 0 Å². The number of phenols is 1. The normalized spacial score (nSPS) is 14.8. The monoisotopic (exact) mass is 374 g/mol. The minimum Gasteiger partial charge on any atom is -0.503 e. The van der Waals surface area contributed by atoms with Crippen molar-refractivity contribution in [1.29, 1.82) is 0 Å². The molecule has 0 saturated carbocycles. The number of ether oxygens (including phenoxy) is 2. The lowest BCUT2D eigenvalue weighted by molar-refractivity contribution is 0.101. The van der Waals surface area contributed by atoms with Gasteiger partial charge in [0.1, 0.15) is 5.75 Å². The summed E-state index contributed by atoms with van der Waals surface area (Å²) in [4.78, 5) is 12.5. The molecule has 1 heterocycles. The molecule has 4 nitrogen and oxygen atoms in total. The van der Waals surface area contributed by atoms with Crippen LogP contribution in [0.5, 0.6) is 17.2 Å². The highest BCUT2D eigenvalue weighted by atomic mass is 79.9. The summed E-state index contributed by atoms with van der Waals surface area (Å²) >= 11 is 3.26. The van der Waals surface area contributed by atoms with Crippen molar-refractivity contribution in [1.82, 2.24) is 0 Å². The Labute approximate surface area is 142 Å². The summed E-state index contributed by atoms with van der Waals surface area (Å²) < 4.78 is 11.3. The van der Waals surface area contributed by atoms with E-state index in [0.717, 1.165) is 11.1 Å². The van der Waals surface area contributed by atoms with Crippen molar-refractivity contribution in [2.24, 2.45) is 0 Å². The fourth-order valence-electron chi connectivity index (χ4n) is 2.43. The van der Waals surface area contributed by atoms with Crippen molar-refractivity contribution in [2.75, 3.05) is 7.11 Å². The number of methoxy groups -OCH3 is 1. The maximum absolute atomic E-state index is 12.5. The van der Waals surface area contributed by atoms with Gasteiger partial charge < -0.3 is 14.6 Å². The van der Waals surface area contributed by atoms with E-state index in [0.29, 0.717) is 27.1 Å². The van der Waals surface area contributed by atoms with E-state index >= 15 is 0 Å². The second kappa shape index (κ2) is 5.74. The lowest BCUT2D eigenvalue weighted by Crippen LogP contribution is -1.98. The molecule has 23 heavy (non-hydrogen) atoms. The van der Waals surface area contributed by atoms with E-state index in [4.69, 9.17) is 9.47 Å². The third-order valence-electron chi connectivity index (χ3n) is 3.85. The van der Waals surface area contributed by atoms with Crippen molar-refractivity contribution < 1.29 is 19.4 Å². The Morgan fingerprint density at radius 2 is 1.87 bits per heavy atom. The topological polar surface area (TPSA) is 55.8 Å². The number of carbonyl (C=O) groups excluding carboxylic acids is 1. The molecule has 0 saturated heterocycles. The first-order valence-corrected chi connectivity index (χ1v) is 7.82. The number of ketones is 1. The molecule has 1 aliphatic rings. The number of hydrogen-bond donors (Lipinski definition) is 1. The Morgan fingerprint density at radius 1 is 1.17 bits per heavy atom. The van der Waals surface area contributed by atoms with Crippen molar-refractivity contribution in [2.45, 2.75) is 13.8 Å². The zero-order valence-corrected chi connectivity index (χ0v) is 14.5. The first kappa shape index (κ1) is 15.6. The number of allylic oxidation sites excluding steroid dienone is 1. The second-order valence-corrected chi connectivity index (χ2v) is 6.28. The molecule has 0 radical (unpaired) electrons. The molecule has 0 atom stereocenters. The predicted molar refractivity (Wildman–Crippen MR) is 91.2 cm³/mol. The first-order valence-electron chi connectivity index (χ1n) is 7.02. The van der Waals surface area contributed by atoms with Gasteiger partial charge in [0.2, 0.25) is 5.78 Å². The molecule has 5 heteroatoms. The molecule has 0 unspecified atom stereocenters. The van der Waals surface area contributed by atoms with E-state index in [1.807, 2.05) is 26.0 Å². The zero-order valence-electron chi connectivity index (χ0n) is 12.9. The summed E-state index contributed by atoms with van der Waals surface area (Å²) in [7, 11) is 1.47. The van der Waals surface area contributed by atoms with Gasteiger partial charge >= 0.3 is 0 Å². The molecular weight excluding hydrogens is 360 g/mol. The number of aromatic hydroxyl groups is 1. The molecule has 0 aromatic heterocycles. The standard InChI is InChI=1S/C18H15BrO4/c1-9-4-12-14(5-10(9)2)23-16(17(12)20)8-11-6-13(19)18(21)15(7-11)22-3/h4-8,21H,1-3H3/b16-8-.